The summed E-state index contributed by atoms with van der Waals surface area (Å²) in [7, 11) is -2.17. The van der Waals surface area contributed by atoms with E-state index in [-0.39, 0.29) is 12.4 Å². The van der Waals surface area contributed by atoms with Crippen molar-refractivity contribution in [3.8, 4) is 5.75 Å². The van der Waals surface area contributed by atoms with Crippen LogP contribution < -0.4 is 10.5 Å². The number of nitrogens with two attached hydrogens (primary N) is 1. The summed E-state index contributed by atoms with van der Waals surface area (Å²) >= 11 is 0. The van der Waals surface area contributed by atoms with Gasteiger partial charge in [-0.15, -0.1) is 0 Å². The fraction of sp³-hybridized carbons (Fsp3) is 0.417. The van der Waals surface area contributed by atoms with Crippen molar-refractivity contribution in [1.82, 2.24) is 0 Å². The summed E-state index contributed by atoms with van der Waals surface area (Å²) in [4.78, 5) is 11.2. The normalized spacial score (nSPS) is 11.1. The van der Waals surface area contributed by atoms with E-state index < -0.39 is 21.6 Å². The Morgan fingerprint density at radius 1 is 1.37 bits per heavy atom. The first-order valence-electron chi connectivity index (χ1n) is 5.66. The SMILES string of the molecule is CCOC(=O)CS(=O)(=O)Cc1ccc(N)cc1OC. The monoisotopic (exact) mass is 287 g/mol. The van der Waals surface area contributed by atoms with Crippen molar-refractivity contribution < 1.29 is 22.7 Å². The minimum Gasteiger partial charge on any atom is -0.496 e. The van der Waals surface area contributed by atoms with Gasteiger partial charge in [-0.25, -0.2) is 8.42 Å². The molecule has 0 saturated carbocycles. The van der Waals surface area contributed by atoms with E-state index >= 15 is 0 Å². The van der Waals surface area contributed by atoms with E-state index in [0.717, 1.165) is 0 Å². The van der Waals surface area contributed by atoms with Gasteiger partial charge in [-0.1, -0.05) is 6.07 Å². The van der Waals surface area contributed by atoms with Gasteiger partial charge in [0.1, 0.15) is 11.5 Å². The topological polar surface area (TPSA) is 95.7 Å². The lowest BCUT2D eigenvalue weighted by Crippen LogP contribution is -2.20. The van der Waals surface area contributed by atoms with Gasteiger partial charge in [-0.05, 0) is 13.0 Å². The molecule has 0 aliphatic rings. The fourth-order valence-corrected chi connectivity index (χ4v) is 2.81. The van der Waals surface area contributed by atoms with Gasteiger partial charge in [0.05, 0.1) is 19.5 Å². The number of carbonyl (C=O) groups excluding carboxylic acids is 1. The third kappa shape index (κ3) is 4.78. The van der Waals surface area contributed by atoms with E-state index in [1.165, 1.54) is 13.2 Å². The molecule has 0 fully saturated rings. The Morgan fingerprint density at radius 3 is 2.63 bits per heavy atom. The Labute approximate surface area is 112 Å². The van der Waals surface area contributed by atoms with Crippen molar-refractivity contribution in [2.24, 2.45) is 0 Å². The predicted octanol–water partition coefficient (Wildman–Crippen LogP) is 0.755. The zero-order chi connectivity index (χ0) is 14.5. The molecule has 0 bridgehead atoms. The number of nitrogen functional groups attached to an aromatic ring is 1. The van der Waals surface area contributed by atoms with E-state index in [4.69, 9.17) is 10.5 Å². The predicted molar refractivity (Wildman–Crippen MR) is 71.5 cm³/mol. The minimum absolute atomic E-state index is 0.152. The molecule has 0 amide bonds. The first-order valence-corrected chi connectivity index (χ1v) is 7.48. The second-order valence-electron chi connectivity index (χ2n) is 3.91. The molecule has 0 aromatic heterocycles. The van der Waals surface area contributed by atoms with Gasteiger partial charge in [0.25, 0.3) is 0 Å². The van der Waals surface area contributed by atoms with Crippen molar-refractivity contribution in [1.29, 1.82) is 0 Å². The van der Waals surface area contributed by atoms with Gasteiger partial charge in [0, 0.05) is 17.3 Å². The first-order chi connectivity index (χ1) is 8.88. The molecule has 19 heavy (non-hydrogen) atoms. The standard InChI is InChI=1S/C12H17NO5S/c1-3-18-12(14)8-19(15,16)7-9-4-5-10(13)6-11(9)17-2/h4-6H,3,7-8,13H2,1-2H3. The smallest absolute Gasteiger partial charge is 0.321 e. The van der Waals surface area contributed by atoms with Gasteiger partial charge >= 0.3 is 5.97 Å². The van der Waals surface area contributed by atoms with Gasteiger partial charge < -0.3 is 15.2 Å². The van der Waals surface area contributed by atoms with Crippen molar-refractivity contribution in [2.45, 2.75) is 12.7 Å². The second kappa shape index (κ2) is 6.42. The number of methoxy groups -OCH3 is 1. The lowest BCUT2D eigenvalue weighted by atomic mass is 10.2. The van der Waals surface area contributed by atoms with Gasteiger partial charge in [0.2, 0.25) is 0 Å². The highest BCUT2D eigenvalue weighted by atomic mass is 32.2. The lowest BCUT2D eigenvalue weighted by molar-refractivity contribution is -0.139. The molecule has 0 heterocycles. The third-order valence-electron chi connectivity index (χ3n) is 2.33. The average Bonchev–Trinajstić information content (AvgIpc) is 2.30. The molecule has 0 saturated heterocycles. The Bertz CT molecular complexity index is 553. The maximum Gasteiger partial charge on any atom is 0.321 e. The highest BCUT2D eigenvalue weighted by Crippen LogP contribution is 2.23. The number of esters is 1. The van der Waals surface area contributed by atoms with Crippen LogP contribution in [0.4, 0.5) is 5.69 Å². The molecule has 1 rings (SSSR count). The molecule has 1 aromatic rings. The highest BCUT2D eigenvalue weighted by Gasteiger charge is 2.20. The van der Waals surface area contributed by atoms with E-state index in [1.807, 2.05) is 0 Å². The number of hydrogen-bond acceptors (Lipinski definition) is 6. The largest absolute Gasteiger partial charge is 0.496 e. The first kappa shape index (κ1) is 15.3. The van der Waals surface area contributed by atoms with Gasteiger partial charge in [0.15, 0.2) is 9.84 Å². The maximum absolute atomic E-state index is 11.9. The molecule has 0 spiro atoms. The molecule has 6 nitrogen and oxygen atoms in total. The van der Waals surface area contributed by atoms with Crippen LogP contribution in [-0.4, -0.2) is 33.9 Å². The number of rotatable bonds is 6. The van der Waals surface area contributed by atoms with E-state index in [2.05, 4.69) is 4.74 Å². The van der Waals surface area contributed by atoms with Gasteiger partial charge in [-0.3, -0.25) is 4.79 Å². The summed E-state index contributed by atoms with van der Waals surface area (Å²) in [5.74, 6) is -1.31. The van der Waals surface area contributed by atoms with Crippen molar-refractivity contribution >= 4 is 21.5 Å². The quantitative estimate of drug-likeness (QED) is 0.613. The molecule has 0 unspecified atom stereocenters. The van der Waals surface area contributed by atoms with Crippen LogP contribution in [0.1, 0.15) is 12.5 Å². The lowest BCUT2D eigenvalue weighted by Gasteiger charge is -2.09. The van der Waals surface area contributed by atoms with Crippen LogP contribution in [0, 0.1) is 0 Å². The van der Waals surface area contributed by atoms with Crippen LogP contribution in [0.2, 0.25) is 0 Å². The Hall–Kier alpha value is -1.76. The number of anilines is 1. The van der Waals surface area contributed by atoms with Crippen molar-refractivity contribution in [2.75, 3.05) is 25.2 Å². The number of benzene rings is 1. The number of carbonyl (C=O) groups is 1. The molecule has 0 atom stereocenters. The molecule has 0 aliphatic carbocycles. The van der Waals surface area contributed by atoms with Crippen molar-refractivity contribution in [3.63, 3.8) is 0 Å². The summed E-state index contributed by atoms with van der Waals surface area (Å²) in [6.07, 6.45) is 0. The van der Waals surface area contributed by atoms with Crippen LogP contribution in [0.5, 0.6) is 5.75 Å². The van der Waals surface area contributed by atoms with E-state index in [0.29, 0.717) is 17.0 Å². The zero-order valence-corrected chi connectivity index (χ0v) is 11.7. The summed E-state index contributed by atoms with van der Waals surface area (Å²) in [6, 6.07) is 4.68. The molecule has 0 radical (unpaired) electrons. The van der Waals surface area contributed by atoms with Crippen LogP contribution in [-0.2, 0) is 25.1 Å². The fourth-order valence-electron chi connectivity index (χ4n) is 1.55. The molecule has 2 N–H and O–H groups in total. The number of hydrogen-bond donors (Lipinski definition) is 1. The van der Waals surface area contributed by atoms with Crippen molar-refractivity contribution in [3.05, 3.63) is 23.8 Å². The molecular formula is C12H17NO5S. The summed E-state index contributed by atoms with van der Waals surface area (Å²) in [5.41, 5.74) is 6.52. The molecule has 1 aromatic carbocycles. The molecular weight excluding hydrogens is 270 g/mol. The molecule has 7 heteroatoms. The van der Waals surface area contributed by atoms with Crippen LogP contribution in [0.15, 0.2) is 18.2 Å². The molecule has 106 valence electrons. The highest BCUT2D eigenvalue weighted by molar-refractivity contribution is 7.91. The third-order valence-corrected chi connectivity index (χ3v) is 3.76. The Kier molecular flexibility index (Phi) is 5.17. The van der Waals surface area contributed by atoms with Gasteiger partial charge in [-0.2, -0.15) is 0 Å². The summed E-state index contributed by atoms with van der Waals surface area (Å²) in [5, 5.41) is 0. The minimum atomic E-state index is -3.60. The van der Waals surface area contributed by atoms with Crippen LogP contribution in [0.25, 0.3) is 0 Å². The summed E-state index contributed by atoms with van der Waals surface area (Å²) < 4.78 is 33.4. The average molecular weight is 287 g/mol. The van der Waals surface area contributed by atoms with E-state index in [1.54, 1.807) is 19.1 Å². The second-order valence-corrected chi connectivity index (χ2v) is 5.97. The molecule has 0 aliphatic heterocycles. The van der Waals surface area contributed by atoms with E-state index in [9.17, 15) is 13.2 Å². The Morgan fingerprint density at radius 2 is 2.05 bits per heavy atom. The Balaban J connectivity index is 2.86. The number of ether oxygens (including phenoxy) is 2. The maximum atomic E-state index is 11.9. The van der Waals surface area contributed by atoms with Crippen LogP contribution >= 0.6 is 0 Å². The summed E-state index contributed by atoms with van der Waals surface area (Å²) in [6.45, 7) is 1.77. The number of sulfone groups is 1. The zero-order valence-electron chi connectivity index (χ0n) is 10.9. The van der Waals surface area contributed by atoms with Crippen LogP contribution in [0.3, 0.4) is 0 Å².